The van der Waals surface area contributed by atoms with E-state index in [2.05, 4.69) is 6.92 Å². The van der Waals surface area contributed by atoms with Crippen molar-refractivity contribution in [1.82, 2.24) is 0 Å². The number of allylic oxidation sites excluding steroid dienone is 2. The van der Waals surface area contributed by atoms with E-state index in [1.807, 2.05) is 6.08 Å². The standard InChI is InChI=1S/C18H20F4O2/c1-11-9-23-17(24-10-11)13-4-2-12(3-5-13)14-6-7-15(16(19)8-14)18(20,21)22/h2,6-8,11,13,17H,3-5,9-10H2,1H3. The second-order valence-corrected chi connectivity index (χ2v) is 6.60. The van der Waals surface area contributed by atoms with Gasteiger partial charge in [-0.1, -0.05) is 19.1 Å². The Morgan fingerprint density at radius 1 is 1.12 bits per heavy atom. The summed E-state index contributed by atoms with van der Waals surface area (Å²) in [5, 5.41) is 0. The molecule has 0 spiro atoms. The lowest BCUT2D eigenvalue weighted by molar-refractivity contribution is -0.222. The van der Waals surface area contributed by atoms with E-state index in [4.69, 9.17) is 9.47 Å². The van der Waals surface area contributed by atoms with E-state index in [9.17, 15) is 17.6 Å². The average molecular weight is 344 g/mol. The minimum atomic E-state index is -4.67. The van der Waals surface area contributed by atoms with Gasteiger partial charge in [0.2, 0.25) is 0 Å². The maximum atomic E-state index is 13.7. The number of alkyl halides is 3. The number of benzene rings is 1. The highest BCUT2D eigenvalue weighted by Gasteiger charge is 2.34. The van der Waals surface area contributed by atoms with Crippen LogP contribution in [0, 0.1) is 17.7 Å². The first kappa shape index (κ1) is 17.4. The van der Waals surface area contributed by atoms with E-state index in [0.717, 1.165) is 30.5 Å². The molecule has 0 saturated carbocycles. The molecule has 2 nitrogen and oxygen atoms in total. The van der Waals surface area contributed by atoms with Crippen molar-refractivity contribution in [2.75, 3.05) is 13.2 Å². The second-order valence-electron chi connectivity index (χ2n) is 6.60. The van der Waals surface area contributed by atoms with Crippen LogP contribution in [0.3, 0.4) is 0 Å². The molecule has 1 heterocycles. The molecule has 1 atom stereocenters. The quantitative estimate of drug-likeness (QED) is 0.700. The molecule has 0 amide bonds. The normalized spacial score (nSPS) is 28.5. The molecule has 1 unspecified atom stereocenters. The van der Waals surface area contributed by atoms with Crippen LogP contribution in [0.15, 0.2) is 24.3 Å². The van der Waals surface area contributed by atoms with Crippen LogP contribution >= 0.6 is 0 Å². The minimum absolute atomic E-state index is 0.219. The van der Waals surface area contributed by atoms with Crippen molar-refractivity contribution in [3.8, 4) is 0 Å². The largest absolute Gasteiger partial charge is 0.419 e. The summed E-state index contributed by atoms with van der Waals surface area (Å²) in [7, 11) is 0. The molecular formula is C18H20F4O2. The Labute approximate surface area is 138 Å². The summed E-state index contributed by atoms with van der Waals surface area (Å²) in [6.07, 6.45) is -0.718. The van der Waals surface area contributed by atoms with Gasteiger partial charge in [0.1, 0.15) is 5.82 Å². The zero-order chi connectivity index (χ0) is 17.3. The first-order valence-electron chi connectivity index (χ1n) is 8.14. The highest BCUT2D eigenvalue weighted by Crippen LogP contribution is 2.37. The fourth-order valence-electron chi connectivity index (χ4n) is 3.20. The van der Waals surface area contributed by atoms with Crippen LogP contribution < -0.4 is 0 Å². The number of ether oxygens (including phenoxy) is 2. The lowest BCUT2D eigenvalue weighted by Crippen LogP contribution is -2.36. The third-order valence-electron chi connectivity index (χ3n) is 4.57. The van der Waals surface area contributed by atoms with Crippen LogP contribution in [0.5, 0.6) is 0 Å². The lowest BCUT2D eigenvalue weighted by atomic mass is 9.85. The van der Waals surface area contributed by atoms with E-state index < -0.39 is 17.6 Å². The van der Waals surface area contributed by atoms with Gasteiger partial charge in [0.05, 0.1) is 18.8 Å². The van der Waals surface area contributed by atoms with E-state index in [-0.39, 0.29) is 12.2 Å². The molecular weight excluding hydrogens is 324 g/mol. The smallest absolute Gasteiger partial charge is 0.352 e. The van der Waals surface area contributed by atoms with Gasteiger partial charge in [0.25, 0.3) is 0 Å². The van der Waals surface area contributed by atoms with Gasteiger partial charge in [-0.15, -0.1) is 0 Å². The van der Waals surface area contributed by atoms with Crippen LogP contribution in [0.4, 0.5) is 17.6 Å². The molecule has 1 saturated heterocycles. The Kier molecular flexibility index (Phi) is 4.97. The molecule has 6 heteroatoms. The Morgan fingerprint density at radius 2 is 1.83 bits per heavy atom. The van der Waals surface area contributed by atoms with Crippen molar-refractivity contribution >= 4 is 5.57 Å². The molecule has 3 rings (SSSR count). The van der Waals surface area contributed by atoms with E-state index in [1.165, 1.54) is 6.07 Å². The topological polar surface area (TPSA) is 18.5 Å². The van der Waals surface area contributed by atoms with Gasteiger partial charge in [-0.25, -0.2) is 4.39 Å². The second kappa shape index (κ2) is 6.84. The van der Waals surface area contributed by atoms with Crippen LogP contribution in [-0.4, -0.2) is 19.5 Å². The van der Waals surface area contributed by atoms with Gasteiger partial charge in [-0.2, -0.15) is 13.2 Å². The van der Waals surface area contributed by atoms with Crippen molar-refractivity contribution in [2.24, 2.45) is 11.8 Å². The van der Waals surface area contributed by atoms with Crippen molar-refractivity contribution < 1.29 is 27.0 Å². The summed E-state index contributed by atoms with van der Waals surface area (Å²) in [6, 6.07) is 3.13. The van der Waals surface area contributed by atoms with Gasteiger partial charge >= 0.3 is 6.18 Å². The Morgan fingerprint density at radius 3 is 2.38 bits per heavy atom. The van der Waals surface area contributed by atoms with Crippen LogP contribution in [0.25, 0.3) is 5.57 Å². The SMILES string of the molecule is CC1COC(C2CC=C(c3ccc(C(F)(F)F)c(F)c3)CC2)OC1. The van der Waals surface area contributed by atoms with Crippen molar-refractivity contribution in [2.45, 2.75) is 38.7 Å². The number of hydrogen-bond donors (Lipinski definition) is 0. The van der Waals surface area contributed by atoms with Gasteiger partial charge in [0, 0.05) is 11.8 Å². The lowest BCUT2D eigenvalue weighted by Gasteiger charge is -2.34. The molecule has 132 valence electrons. The van der Waals surface area contributed by atoms with E-state index in [0.29, 0.717) is 31.1 Å². The summed E-state index contributed by atoms with van der Waals surface area (Å²) in [5.74, 6) is -0.595. The molecule has 0 N–H and O–H groups in total. The summed E-state index contributed by atoms with van der Waals surface area (Å²) < 4.78 is 63.0. The van der Waals surface area contributed by atoms with Crippen molar-refractivity contribution in [3.63, 3.8) is 0 Å². The highest BCUT2D eigenvalue weighted by atomic mass is 19.4. The Balaban J connectivity index is 1.68. The summed E-state index contributed by atoms with van der Waals surface area (Å²) in [4.78, 5) is 0. The molecule has 24 heavy (non-hydrogen) atoms. The van der Waals surface area contributed by atoms with Crippen molar-refractivity contribution in [3.05, 3.63) is 41.2 Å². The number of hydrogen-bond acceptors (Lipinski definition) is 2. The fraction of sp³-hybridized carbons (Fsp3) is 0.556. The predicted octanol–water partition coefficient (Wildman–Crippen LogP) is 5.04. The van der Waals surface area contributed by atoms with Gasteiger partial charge in [0.15, 0.2) is 6.29 Å². The van der Waals surface area contributed by atoms with E-state index >= 15 is 0 Å². The summed E-state index contributed by atoms with van der Waals surface area (Å²) >= 11 is 0. The van der Waals surface area contributed by atoms with Crippen LogP contribution in [0.2, 0.25) is 0 Å². The minimum Gasteiger partial charge on any atom is -0.352 e. The maximum Gasteiger partial charge on any atom is 0.419 e. The Bertz CT molecular complexity index is 616. The molecule has 0 bridgehead atoms. The van der Waals surface area contributed by atoms with Crippen LogP contribution in [-0.2, 0) is 15.7 Å². The molecule has 1 aromatic carbocycles. The first-order valence-corrected chi connectivity index (χ1v) is 8.14. The number of halogens is 4. The third-order valence-corrected chi connectivity index (χ3v) is 4.57. The first-order chi connectivity index (χ1) is 11.3. The number of rotatable bonds is 2. The van der Waals surface area contributed by atoms with Crippen molar-refractivity contribution in [1.29, 1.82) is 0 Å². The molecule has 1 fully saturated rings. The van der Waals surface area contributed by atoms with Gasteiger partial charge in [-0.3, -0.25) is 0 Å². The zero-order valence-electron chi connectivity index (χ0n) is 13.4. The molecule has 0 radical (unpaired) electrons. The van der Waals surface area contributed by atoms with E-state index in [1.54, 1.807) is 0 Å². The third kappa shape index (κ3) is 3.81. The summed E-state index contributed by atoms with van der Waals surface area (Å²) in [5.41, 5.74) is 0.166. The molecule has 2 aliphatic rings. The monoisotopic (exact) mass is 344 g/mol. The van der Waals surface area contributed by atoms with Gasteiger partial charge in [-0.05, 0) is 42.5 Å². The highest BCUT2D eigenvalue weighted by molar-refractivity contribution is 5.66. The Hall–Kier alpha value is -1.40. The summed E-state index contributed by atoms with van der Waals surface area (Å²) in [6.45, 7) is 3.43. The maximum absolute atomic E-state index is 13.7. The molecule has 0 aromatic heterocycles. The van der Waals surface area contributed by atoms with Crippen LogP contribution in [0.1, 0.15) is 37.3 Å². The predicted molar refractivity (Wildman–Crippen MR) is 81.6 cm³/mol. The molecule has 1 aliphatic heterocycles. The average Bonchev–Trinajstić information content (AvgIpc) is 2.54. The van der Waals surface area contributed by atoms with Gasteiger partial charge < -0.3 is 9.47 Å². The molecule has 1 aromatic rings. The molecule has 1 aliphatic carbocycles. The fourth-order valence-corrected chi connectivity index (χ4v) is 3.20. The zero-order valence-corrected chi connectivity index (χ0v) is 13.4.